The highest BCUT2D eigenvalue weighted by molar-refractivity contribution is 8.02. The number of thioether (sulfide) groups is 2. The van der Waals surface area contributed by atoms with E-state index in [1.165, 1.54) is 0 Å². The van der Waals surface area contributed by atoms with Gasteiger partial charge in [-0.3, -0.25) is 0 Å². The van der Waals surface area contributed by atoms with Crippen molar-refractivity contribution in [2.24, 2.45) is 7.05 Å². The quantitative estimate of drug-likeness (QED) is 0.594. The van der Waals surface area contributed by atoms with Crippen molar-refractivity contribution < 1.29 is 0 Å². The second-order valence-electron chi connectivity index (χ2n) is 2.95. The third-order valence-corrected chi connectivity index (χ3v) is 4.00. The Morgan fingerprint density at radius 1 is 1.25 bits per heavy atom. The van der Waals surface area contributed by atoms with Crippen LogP contribution in [0.2, 0.25) is 0 Å². The molecule has 0 saturated carbocycles. The van der Waals surface area contributed by atoms with Crippen LogP contribution < -0.4 is 0 Å². The maximum absolute atomic E-state index is 4.24. The molecule has 7 heteroatoms. The van der Waals surface area contributed by atoms with Gasteiger partial charge in [0, 0.05) is 24.8 Å². The van der Waals surface area contributed by atoms with E-state index in [0.29, 0.717) is 0 Å². The molecule has 0 atom stereocenters. The first-order valence-corrected chi connectivity index (χ1v) is 6.72. The molecule has 84 valence electrons. The summed E-state index contributed by atoms with van der Waals surface area (Å²) >= 11 is 3.39. The van der Waals surface area contributed by atoms with Crippen LogP contribution in [0.3, 0.4) is 0 Å². The second-order valence-corrected chi connectivity index (χ2v) is 5.13. The number of tetrazole rings is 1. The highest BCUT2D eigenvalue weighted by atomic mass is 32.2. The van der Waals surface area contributed by atoms with Crippen molar-refractivity contribution in [3.05, 3.63) is 24.4 Å². The van der Waals surface area contributed by atoms with Crippen molar-refractivity contribution in [3.8, 4) is 0 Å². The first-order valence-electron chi connectivity index (χ1n) is 4.75. The van der Waals surface area contributed by atoms with Gasteiger partial charge in [-0.15, -0.1) is 16.9 Å². The molecule has 2 rings (SSSR count). The van der Waals surface area contributed by atoms with E-state index in [1.807, 2.05) is 31.4 Å². The molecular weight excluding hydrogens is 242 g/mol. The van der Waals surface area contributed by atoms with Crippen LogP contribution in [0, 0.1) is 0 Å². The maximum atomic E-state index is 4.24. The molecule has 0 N–H and O–H groups in total. The number of hydrogen-bond donors (Lipinski definition) is 0. The minimum absolute atomic E-state index is 0.849. The molecule has 2 heterocycles. The monoisotopic (exact) mass is 253 g/mol. The molecule has 0 aliphatic heterocycles. The van der Waals surface area contributed by atoms with E-state index in [9.17, 15) is 0 Å². The molecule has 16 heavy (non-hydrogen) atoms. The molecule has 0 aliphatic rings. The molecule has 0 aliphatic carbocycles. The number of rotatable bonds is 5. The lowest BCUT2D eigenvalue weighted by molar-refractivity contribution is 0.665. The van der Waals surface area contributed by atoms with Crippen molar-refractivity contribution in [3.63, 3.8) is 0 Å². The Hall–Kier alpha value is -1.08. The van der Waals surface area contributed by atoms with Gasteiger partial charge >= 0.3 is 0 Å². The normalized spacial score (nSPS) is 10.6. The van der Waals surface area contributed by atoms with Gasteiger partial charge in [-0.25, -0.2) is 9.67 Å². The standard InChI is InChI=1S/C9H11N5S2/c1-14-9(11-12-13-14)16-7-6-15-8-4-2-3-5-10-8/h2-5H,6-7H2,1H3. The predicted molar refractivity (Wildman–Crippen MR) is 64.5 cm³/mol. The minimum Gasteiger partial charge on any atom is -0.250 e. The fourth-order valence-electron chi connectivity index (χ4n) is 1.06. The fourth-order valence-corrected chi connectivity index (χ4v) is 2.74. The van der Waals surface area contributed by atoms with Crippen LogP contribution in [0.15, 0.2) is 34.6 Å². The Labute approximate surface area is 102 Å². The molecule has 0 aromatic carbocycles. The van der Waals surface area contributed by atoms with Gasteiger partial charge in [-0.2, -0.15) is 0 Å². The Kier molecular flexibility index (Phi) is 4.17. The van der Waals surface area contributed by atoms with Crippen LogP contribution in [-0.2, 0) is 7.05 Å². The summed E-state index contributed by atoms with van der Waals surface area (Å²) < 4.78 is 1.68. The van der Waals surface area contributed by atoms with E-state index in [4.69, 9.17) is 0 Å². The van der Waals surface area contributed by atoms with Gasteiger partial charge in [0.1, 0.15) is 0 Å². The van der Waals surface area contributed by atoms with Crippen molar-refractivity contribution in [1.82, 2.24) is 25.2 Å². The molecule has 2 aromatic rings. The molecule has 5 nitrogen and oxygen atoms in total. The summed E-state index contributed by atoms with van der Waals surface area (Å²) in [5.74, 6) is 1.96. The van der Waals surface area contributed by atoms with Gasteiger partial charge < -0.3 is 0 Å². The molecule has 0 amide bonds. The first kappa shape index (κ1) is 11.4. The molecule has 0 spiro atoms. The molecule has 0 unspecified atom stereocenters. The molecular formula is C9H11N5S2. The highest BCUT2D eigenvalue weighted by Crippen LogP contribution is 2.18. The number of nitrogens with zero attached hydrogens (tertiary/aromatic N) is 5. The topological polar surface area (TPSA) is 56.5 Å². The van der Waals surface area contributed by atoms with Crippen LogP contribution in [-0.4, -0.2) is 36.7 Å². The number of hydrogen-bond acceptors (Lipinski definition) is 6. The lowest BCUT2D eigenvalue weighted by Gasteiger charge is -1.99. The molecule has 2 aromatic heterocycles. The minimum atomic E-state index is 0.849. The summed E-state index contributed by atoms with van der Waals surface area (Å²) in [5.41, 5.74) is 0. The number of pyridine rings is 1. The summed E-state index contributed by atoms with van der Waals surface area (Å²) in [6.45, 7) is 0. The van der Waals surface area contributed by atoms with Gasteiger partial charge in [0.05, 0.1) is 5.03 Å². The zero-order valence-corrected chi connectivity index (χ0v) is 10.4. The average Bonchev–Trinajstić information content (AvgIpc) is 2.72. The predicted octanol–water partition coefficient (Wildman–Crippen LogP) is 1.49. The van der Waals surface area contributed by atoms with Crippen LogP contribution >= 0.6 is 23.5 Å². The lowest BCUT2D eigenvalue weighted by atomic mass is 10.5. The number of aromatic nitrogens is 5. The van der Waals surface area contributed by atoms with Crippen molar-refractivity contribution in [1.29, 1.82) is 0 Å². The molecule has 0 saturated heterocycles. The third kappa shape index (κ3) is 3.21. The lowest BCUT2D eigenvalue weighted by Crippen LogP contribution is -1.94. The van der Waals surface area contributed by atoms with E-state index in [-0.39, 0.29) is 0 Å². The van der Waals surface area contributed by atoms with Crippen LogP contribution in [0.25, 0.3) is 0 Å². The maximum Gasteiger partial charge on any atom is 0.209 e. The Morgan fingerprint density at radius 2 is 2.12 bits per heavy atom. The van der Waals surface area contributed by atoms with Gasteiger partial charge in [0.15, 0.2) is 0 Å². The van der Waals surface area contributed by atoms with E-state index < -0.39 is 0 Å². The summed E-state index contributed by atoms with van der Waals surface area (Å²) in [5, 5.41) is 13.2. The summed E-state index contributed by atoms with van der Waals surface area (Å²) in [7, 11) is 1.84. The molecule has 0 fully saturated rings. The van der Waals surface area contributed by atoms with E-state index in [2.05, 4.69) is 20.5 Å². The summed E-state index contributed by atoms with van der Waals surface area (Å²) in [6.07, 6.45) is 1.81. The van der Waals surface area contributed by atoms with Crippen molar-refractivity contribution in [2.75, 3.05) is 11.5 Å². The average molecular weight is 253 g/mol. The highest BCUT2D eigenvalue weighted by Gasteiger charge is 2.02. The fraction of sp³-hybridized carbons (Fsp3) is 0.333. The SMILES string of the molecule is Cn1nnnc1SCCSc1ccccn1. The van der Waals surface area contributed by atoms with Gasteiger partial charge in [-0.1, -0.05) is 17.8 Å². The summed E-state index contributed by atoms with van der Waals surface area (Å²) in [6, 6.07) is 5.93. The van der Waals surface area contributed by atoms with Gasteiger partial charge in [0.2, 0.25) is 5.16 Å². The largest absolute Gasteiger partial charge is 0.250 e. The van der Waals surface area contributed by atoms with E-state index in [0.717, 1.165) is 21.7 Å². The zero-order valence-electron chi connectivity index (χ0n) is 8.78. The van der Waals surface area contributed by atoms with Crippen LogP contribution in [0.1, 0.15) is 0 Å². The van der Waals surface area contributed by atoms with Crippen molar-refractivity contribution in [2.45, 2.75) is 10.2 Å². The first-order chi connectivity index (χ1) is 7.86. The smallest absolute Gasteiger partial charge is 0.209 e. The number of aryl methyl sites for hydroxylation is 1. The van der Waals surface area contributed by atoms with Crippen LogP contribution in [0.5, 0.6) is 0 Å². The van der Waals surface area contributed by atoms with E-state index in [1.54, 1.807) is 28.2 Å². The van der Waals surface area contributed by atoms with Gasteiger partial charge in [0.25, 0.3) is 0 Å². The van der Waals surface area contributed by atoms with Gasteiger partial charge in [-0.05, 0) is 22.6 Å². The molecule has 0 bridgehead atoms. The summed E-state index contributed by atoms with van der Waals surface area (Å²) in [4.78, 5) is 4.24. The third-order valence-electron chi connectivity index (χ3n) is 1.78. The Balaban J connectivity index is 1.72. The second kappa shape index (κ2) is 5.86. The van der Waals surface area contributed by atoms with Crippen LogP contribution in [0.4, 0.5) is 0 Å². The zero-order chi connectivity index (χ0) is 11.2. The Morgan fingerprint density at radius 3 is 2.81 bits per heavy atom. The van der Waals surface area contributed by atoms with E-state index >= 15 is 0 Å². The van der Waals surface area contributed by atoms with Crippen molar-refractivity contribution >= 4 is 23.5 Å². The molecule has 0 radical (unpaired) electrons. The Bertz CT molecular complexity index is 430.